The molecule has 2 rings (SSSR count). The molecule has 0 saturated carbocycles. The Morgan fingerprint density at radius 3 is 2.74 bits per heavy atom. The summed E-state index contributed by atoms with van der Waals surface area (Å²) in [5.41, 5.74) is 1.97. The summed E-state index contributed by atoms with van der Waals surface area (Å²) in [5, 5.41) is 3.21. The van der Waals surface area contributed by atoms with E-state index in [2.05, 4.69) is 35.4 Å². The fraction of sp³-hybridized carbons (Fsp3) is 0.333. The van der Waals surface area contributed by atoms with Crippen molar-refractivity contribution in [3.8, 4) is 0 Å². The molecule has 0 aliphatic heterocycles. The molecule has 0 aliphatic rings. The molecule has 5 heteroatoms. The molecule has 0 unspecified atom stereocenters. The first-order chi connectivity index (χ1) is 10.8. The zero-order chi connectivity index (χ0) is 16.9. The van der Waals surface area contributed by atoms with Gasteiger partial charge >= 0.3 is 0 Å². The number of aromatic nitrogens is 1. The number of amides is 1. The molecule has 122 valence electrons. The molecule has 1 amide bonds. The number of anilines is 1. The largest absolute Gasteiger partial charge is 0.365 e. The minimum atomic E-state index is -0.432. The average Bonchev–Trinajstić information content (AvgIpc) is 2.47. The number of rotatable bonds is 6. The quantitative estimate of drug-likeness (QED) is 0.869. The van der Waals surface area contributed by atoms with Crippen LogP contribution in [0.4, 0.5) is 5.82 Å². The third-order valence-corrected chi connectivity index (χ3v) is 3.52. The van der Waals surface area contributed by atoms with E-state index >= 15 is 0 Å². The summed E-state index contributed by atoms with van der Waals surface area (Å²) in [6.45, 7) is 5.99. The normalized spacial score (nSPS) is 11.3. The Bertz CT molecular complexity index is 669. The summed E-state index contributed by atoms with van der Waals surface area (Å²) in [6.07, 6.45) is 2.22. The molecule has 0 spiro atoms. The Morgan fingerprint density at radius 1 is 1.30 bits per heavy atom. The maximum atomic E-state index is 11.9. The average molecular weight is 333 g/mol. The van der Waals surface area contributed by atoms with Gasteiger partial charge in [-0.1, -0.05) is 41.4 Å². The number of benzene rings is 1. The van der Waals surface area contributed by atoms with Crippen molar-refractivity contribution in [1.29, 1.82) is 0 Å². The zero-order valence-electron chi connectivity index (χ0n) is 13.6. The summed E-state index contributed by atoms with van der Waals surface area (Å²) < 4.78 is 5.77. The van der Waals surface area contributed by atoms with E-state index in [0.717, 1.165) is 6.42 Å². The topological polar surface area (TPSA) is 51.2 Å². The van der Waals surface area contributed by atoms with Crippen LogP contribution in [0.15, 0.2) is 42.6 Å². The van der Waals surface area contributed by atoms with E-state index in [4.69, 9.17) is 16.3 Å². The van der Waals surface area contributed by atoms with E-state index in [0.29, 0.717) is 10.8 Å². The van der Waals surface area contributed by atoms with Crippen molar-refractivity contribution >= 4 is 23.3 Å². The van der Waals surface area contributed by atoms with Crippen LogP contribution in [0.3, 0.4) is 0 Å². The molecule has 1 heterocycles. The zero-order valence-corrected chi connectivity index (χ0v) is 14.4. The van der Waals surface area contributed by atoms with Crippen LogP contribution in [0.2, 0.25) is 5.02 Å². The lowest BCUT2D eigenvalue weighted by Crippen LogP contribution is -2.32. The van der Waals surface area contributed by atoms with Gasteiger partial charge < -0.3 is 10.1 Å². The van der Waals surface area contributed by atoms with Crippen molar-refractivity contribution in [2.45, 2.75) is 32.8 Å². The fourth-order valence-electron chi connectivity index (χ4n) is 2.25. The third kappa shape index (κ3) is 6.00. The minimum Gasteiger partial charge on any atom is -0.365 e. The number of pyridine rings is 1. The number of nitrogens with zero attached hydrogens (tertiary/aromatic N) is 1. The SMILES string of the molecule is Cc1cccc(CC(C)(C)OCC(=O)Nc2ccc(Cl)cn2)c1. The van der Waals surface area contributed by atoms with E-state index in [9.17, 15) is 4.79 Å². The van der Waals surface area contributed by atoms with Crippen molar-refractivity contribution in [3.63, 3.8) is 0 Å². The van der Waals surface area contributed by atoms with Crippen molar-refractivity contribution in [2.24, 2.45) is 0 Å². The highest BCUT2D eigenvalue weighted by Crippen LogP contribution is 2.18. The van der Waals surface area contributed by atoms with E-state index in [1.807, 2.05) is 19.9 Å². The number of hydrogen-bond donors (Lipinski definition) is 1. The van der Waals surface area contributed by atoms with Gasteiger partial charge in [-0.2, -0.15) is 0 Å². The molecule has 2 aromatic rings. The molecule has 0 atom stereocenters. The van der Waals surface area contributed by atoms with Crippen LogP contribution in [0.1, 0.15) is 25.0 Å². The first-order valence-electron chi connectivity index (χ1n) is 7.45. The van der Waals surface area contributed by atoms with Gasteiger partial charge in [0.25, 0.3) is 5.91 Å². The monoisotopic (exact) mass is 332 g/mol. The van der Waals surface area contributed by atoms with Gasteiger partial charge in [0.15, 0.2) is 0 Å². The number of ether oxygens (including phenoxy) is 1. The predicted octanol–water partition coefficient (Wildman–Crippen LogP) is 4.02. The number of nitrogens with one attached hydrogen (secondary N) is 1. The van der Waals surface area contributed by atoms with Gasteiger partial charge in [0, 0.05) is 12.6 Å². The van der Waals surface area contributed by atoms with Gasteiger partial charge in [0.05, 0.1) is 10.6 Å². The molecular formula is C18H21ClN2O2. The maximum Gasteiger partial charge on any atom is 0.251 e. The highest BCUT2D eigenvalue weighted by molar-refractivity contribution is 6.30. The summed E-state index contributed by atoms with van der Waals surface area (Å²) in [5.74, 6) is 0.219. The molecular weight excluding hydrogens is 312 g/mol. The second kappa shape index (κ2) is 7.57. The van der Waals surface area contributed by atoms with Crippen LogP contribution in [-0.4, -0.2) is 23.1 Å². The van der Waals surface area contributed by atoms with E-state index in [1.54, 1.807) is 12.1 Å². The smallest absolute Gasteiger partial charge is 0.251 e. The lowest BCUT2D eigenvalue weighted by Gasteiger charge is -2.25. The number of carbonyl (C=O) groups excluding carboxylic acids is 1. The molecule has 1 aromatic carbocycles. The molecule has 0 saturated heterocycles. The molecule has 1 aromatic heterocycles. The van der Waals surface area contributed by atoms with Crippen LogP contribution >= 0.6 is 11.6 Å². The summed E-state index contributed by atoms with van der Waals surface area (Å²) in [7, 11) is 0. The Kier molecular flexibility index (Phi) is 5.74. The van der Waals surface area contributed by atoms with E-state index < -0.39 is 5.60 Å². The predicted molar refractivity (Wildman–Crippen MR) is 92.8 cm³/mol. The Balaban J connectivity index is 1.85. The number of aryl methyl sites for hydroxylation is 1. The molecule has 0 fully saturated rings. The maximum absolute atomic E-state index is 11.9. The van der Waals surface area contributed by atoms with Gasteiger partial charge in [-0.3, -0.25) is 4.79 Å². The van der Waals surface area contributed by atoms with Gasteiger partial charge in [-0.05, 0) is 38.5 Å². The van der Waals surface area contributed by atoms with E-state index in [-0.39, 0.29) is 12.5 Å². The highest BCUT2D eigenvalue weighted by Gasteiger charge is 2.20. The first-order valence-corrected chi connectivity index (χ1v) is 7.83. The Morgan fingerprint density at radius 2 is 2.09 bits per heavy atom. The second-order valence-corrected chi connectivity index (χ2v) is 6.56. The Hall–Kier alpha value is -1.91. The molecule has 0 bridgehead atoms. The lowest BCUT2D eigenvalue weighted by molar-refractivity contribution is -0.126. The number of halogens is 1. The van der Waals surface area contributed by atoms with Crippen molar-refractivity contribution in [2.75, 3.05) is 11.9 Å². The molecule has 0 aliphatic carbocycles. The summed E-state index contributed by atoms with van der Waals surface area (Å²) in [4.78, 5) is 16.0. The van der Waals surface area contributed by atoms with Crippen LogP contribution in [0, 0.1) is 6.92 Å². The molecule has 4 nitrogen and oxygen atoms in total. The van der Waals surface area contributed by atoms with Gasteiger partial charge in [-0.15, -0.1) is 0 Å². The second-order valence-electron chi connectivity index (χ2n) is 6.12. The van der Waals surface area contributed by atoms with Crippen molar-refractivity contribution in [1.82, 2.24) is 4.98 Å². The van der Waals surface area contributed by atoms with Crippen LogP contribution in [-0.2, 0) is 16.0 Å². The third-order valence-electron chi connectivity index (χ3n) is 3.30. The van der Waals surface area contributed by atoms with Gasteiger partial charge in [-0.25, -0.2) is 4.98 Å². The fourth-order valence-corrected chi connectivity index (χ4v) is 2.37. The van der Waals surface area contributed by atoms with Crippen molar-refractivity contribution < 1.29 is 9.53 Å². The van der Waals surface area contributed by atoms with Crippen LogP contribution in [0.5, 0.6) is 0 Å². The summed E-state index contributed by atoms with van der Waals surface area (Å²) >= 11 is 5.76. The highest BCUT2D eigenvalue weighted by atomic mass is 35.5. The van der Waals surface area contributed by atoms with Crippen LogP contribution < -0.4 is 5.32 Å². The molecule has 23 heavy (non-hydrogen) atoms. The number of hydrogen-bond acceptors (Lipinski definition) is 3. The van der Waals surface area contributed by atoms with Crippen molar-refractivity contribution in [3.05, 3.63) is 58.7 Å². The Labute approximate surface area is 141 Å². The van der Waals surface area contributed by atoms with Gasteiger partial charge in [0.1, 0.15) is 12.4 Å². The lowest BCUT2D eigenvalue weighted by atomic mass is 9.97. The summed E-state index contributed by atoms with van der Waals surface area (Å²) in [6, 6.07) is 11.6. The minimum absolute atomic E-state index is 0.0247. The molecule has 1 N–H and O–H groups in total. The van der Waals surface area contributed by atoms with Gasteiger partial charge in [0.2, 0.25) is 0 Å². The standard InChI is InChI=1S/C18H21ClN2O2/c1-13-5-4-6-14(9-13)10-18(2,3)23-12-17(22)21-16-8-7-15(19)11-20-16/h4-9,11H,10,12H2,1-3H3,(H,20,21,22). The first kappa shape index (κ1) is 17.4. The number of carbonyl (C=O) groups is 1. The van der Waals surface area contributed by atoms with E-state index in [1.165, 1.54) is 17.3 Å². The molecule has 0 radical (unpaired) electrons. The van der Waals surface area contributed by atoms with Crippen LogP contribution in [0.25, 0.3) is 0 Å².